The highest BCUT2D eigenvalue weighted by Crippen LogP contribution is 2.32. The molecule has 86 valence electrons. The zero-order chi connectivity index (χ0) is 12.2. The van der Waals surface area contributed by atoms with E-state index in [-0.39, 0.29) is 6.42 Å². The highest BCUT2D eigenvalue weighted by atomic mass is 16.2. The predicted octanol–water partition coefficient (Wildman–Crippen LogP) is -0.175. The summed E-state index contributed by atoms with van der Waals surface area (Å²) in [5.74, 6) is -2.71. The van der Waals surface area contributed by atoms with Crippen LogP contribution in [0.25, 0.3) is 0 Å². The number of nitrogens with two attached hydrogens (primary N) is 2. The van der Waals surface area contributed by atoms with Gasteiger partial charge in [-0.2, -0.15) is 0 Å². The molecule has 0 spiro atoms. The summed E-state index contributed by atoms with van der Waals surface area (Å²) < 4.78 is 0. The maximum Gasteiger partial charge on any atom is 0.221 e. The lowest BCUT2D eigenvalue weighted by Gasteiger charge is -2.30. The molecular formula is C10H18N2O3. The minimum atomic E-state index is -0.819. The Labute approximate surface area is 89.2 Å². The van der Waals surface area contributed by atoms with E-state index in [0.29, 0.717) is 6.29 Å². The molecule has 2 atom stereocenters. The second-order valence-electron chi connectivity index (χ2n) is 4.71. The SMILES string of the molecule is CC(C)(C)C(C=O)C(CC(N)=O)C(N)=O. The van der Waals surface area contributed by atoms with Gasteiger partial charge < -0.3 is 16.3 Å². The van der Waals surface area contributed by atoms with Crippen LogP contribution in [0.15, 0.2) is 0 Å². The molecular weight excluding hydrogens is 196 g/mol. The van der Waals surface area contributed by atoms with E-state index in [1.165, 1.54) is 0 Å². The number of amides is 2. The summed E-state index contributed by atoms with van der Waals surface area (Å²) in [7, 11) is 0. The minimum absolute atomic E-state index is 0.185. The van der Waals surface area contributed by atoms with Gasteiger partial charge in [0, 0.05) is 12.3 Å². The van der Waals surface area contributed by atoms with Crippen LogP contribution in [0.1, 0.15) is 27.2 Å². The average Bonchev–Trinajstić information content (AvgIpc) is 2.00. The molecule has 2 unspecified atom stereocenters. The van der Waals surface area contributed by atoms with E-state index in [4.69, 9.17) is 11.5 Å². The predicted molar refractivity (Wildman–Crippen MR) is 55.5 cm³/mol. The Kier molecular flexibility index (Phi) is 4.45. The normalized spacial score (nSPS) is 15.4. The van der Waals surface area contributed by atoms with Gasteiger partial charge in [0.1, 0.15) is 6.29 Å². The maximum atomic E-state index is 11.1. The standard InChI is InChI=1S/C10H18N2O3/c1-10(2,3)7(5-13)6(9(12)15)4-8(11)14/h5-7H,4H2,1-3H3,(H2,11,14)(H2,12,15). The van der Waals surface area contributed by atoms with Crippen LogP contribution in [0.3, 0.4) is 0 Å². The summed E-state index contributed by atoms with van der Waals surface area (Å²) in [6.45, 7) is 5.43. The number of hydrogen-bond donors (Lipinski definition) is 2. The molecule has 0 heterocycles. The summed E-state index contributed by atoms with van der Waals surface area (Å²) in [5.41, 5.74) is 9.74. The van der Waals surface area contributed by atoms with Gasteiger partial charge in [0.05, 0.1) is 5.92 Å². The summed E-state index contributed by atoms with van der Waals surface area (Å²) >= 11 is 0. The lowest BCUT2D eigenvalue weighted by molar-refractivity contribution is -0.133. The summed E-state index contributed by atoms with van der Waals surface area (Å²) in [6, 6.07) is 0. The summed E-state index contributed by atoms with van der Waals surface area (Å²) in [4.78, 5) is 32.8. The first-order valence-corrected chi connectivity index (χ1v) is 4.73. The van der Waals surface area contributed by atoms with Gasteiger partial charge in [-0.25, -0.2) is 0 Å². The molecule has 0 radical (unpaired) electrons. The fraction of sp³-hybridized carbons (Fsp3) is 0.700. The molecule has 0 aliphatic rings. The first-order chi connectivity index (χ1) is 6.70. The number of rotatable bonds is 5. The third kappa shape index (κ3) is 4.10. The van der Waals surface area contributed by atoms with Crippen molar-refractivity contribution >= 4 is 18.1 Å². The largest absolute Gasteiger partial charge is 0.370 e. The van der Waals surface area contributed by atoms with Gasteiger partial charge in [0.15, 0.2) is 0 Å². The average molecular weight is 214 g/mol. The van der Waals surface area contributed by atoms with Crippen LogP contribution in [0, 0.1) is 17.3 Å². The van der Waals surface area contributed by atoms with Crippen LogP contribution in [0.5, 0.6) is 0 Å². The molecule has 0 aromatic carbocycles. The van der Waals surface area contributed by atoms with Crippen LogP contribution < -0.4 is 11.5 Å². The molecule has 2 amide bonds. The Morgan fingerprint density at radius 2 is 1.73 bits per heavy atom. The molecule has 0 aliphatic heterocycles. The fourth-order valence-electron chi connectivity index (χ4n) is 1.52. The molecule has 0 aliphatic carbocycles. The van der Waals surface area contributed by atoms with Gasteiger partial charge in [-0.3, -0.25) is 9.59 Å². The first kappa shape index (κ1) is 13.6. The number of primary amides is 2. The van der Waals surface area contributed by atoms with Gasteiger partial charge in [-0.15, -0.1) is 0 Å². The Morgan fingerprint density at radius 1 is 1.27 bits per heavy atom. The molecule has 0 aromatic rings. The van der Waals surface area contributed by atoms with Gasteiger partial charge in [0.25, 0.3) is 0 Å². The minimum Gasteiger partial charge on any atom is -0.370 e. The molecule has 0 rings (SSSR count). The van der Waals surface area contributed by atoms with Gasteiger partial charge in [-0.05, 0) is 5.41 Å². The lowest BCUT2D eigenvalue weighted by atomic mass is 9.72. The molecule has 0 fully saturated rings. The van der Waals surface area contributed by atoms with Crippen molar-refractivity contribution in [2.75, 3.05) is 0 Å². The molecule has 0 bridgehead atoms. The van der Waals surface area contributed by atoms with E-state index in [1.54, 1.807) is 0 Å². The van der Waals surface area contributed by atoms with E-state index >= 15 is 0 Å². The highest BCUT2D eigenvalue weighted by Gasteiger charge is 2.36. The van der Waals surface area contributed by atoms with E-state index in [9.17, 15) is 14.4 Å². The van der Waals surface area contributed by atoms with Crippen LogP contribution in [0.4, 0.5) is 0 Å². The monoisotopic (exact) mass is 214 g/mol. The molecule has 0 saturated carbocycles. The van der Waals surface area contributed by atoms with Crippen molar-refractivity contribution in [1.82, 2.24) is 0 Å². The fourth-order valence-corrected chi connectivity index (χ4v) is 1.52. The second kappa shape index (κ2) is 4.91. The van der Waals surface area contributed by atoms with E-state index in [0.717, 1.165) is 0 Å². The maximum absolute atomic E-state index is 11.1. The molecule has 0 saturated heterocycles. The molecule has 15 heavy (non-hydrogen) atoms. The topological polar surface area (TPSA) is 103 Å². The van der Waals surface area contributed by atoms with Crippen molar-refractivity contribution in [3.63, 3.8) is 0 Å². The van der Waals surface area contributed by atoms with Crippen molar-refractivity contribution in [3.05, 3.63) is 0 Å². The van der Waals surface area contributed by atoms with Crippen LogP contribution >= 0.6 is 0 Å². The van der Waals surface area contributed by atoms with Crippen LogP contribution in [0.2, 0.25) is 0 Å². The number of carbonyl (C=O) groups excluding carboxylic acids is 3. The van der Waals surface area contributed by atoms with Crippen molar-refractivity contribution < 1.29 is 14.4 Å². The zero-order valence-corrected chi connectivity index (χ0v) is 9.32. The zero-order valence-electron chi connectivity index (χ0n) is 9.32. The molecule has 4 N–H and O–H groups in total. The number of hydrogen-bond acceptors (Lipinski definition) is 3. The Hall–Kier alpha value is -1.39. The number of aldehydes is 1. The van der Waals surface area contributed by atoms with E-state index in [1.807, 2.05) is 20.8 Å². The Bertz CT molecular complexity index is 268. The smallest absolute Gasteiger partial charge is 0.221 e. The Morgan fingerprint density at radius 3 is 1.93 bits per heavy atom. The highest BCUT2D eigenvalue weighted by molar-refractivity contribution is 5.86. The van der Waals surface area contributed by atoms with Crippen LogP contribution in [-0.2, 0) is 14.4 Å². The van der Waals surface area contributed by atoms with Crippen molar-refractivity contribution in [2.24, 2.45) is 28.7 Å². The van der Waals surface area contributed by atoms with E-state index in [2.05, 4.69) is 0 Å². The second-order valence-corrected chi connectivity index (χ2v) is 4.71. The van der Waals surface area contributed by atoms with Crippen LogP contribution in [-0.4, -0.2) is 18.1 Å². The van der Waals surface area contributed by atoms with E-state index < -0.39 is 29.1 Å². The molecule has 5 heteroatoms. The first-order valence-electron chi connectivity index (χ1n) is 4.73. The van der Waals surface area contributed by atoms with Gasteiger partial charge in [0.2, 0.25) is 11.8 Å². The third-order valence-electron chi connectivity index (χ3n) is 2.37. The Balaban J connectivity index is 4.95. The lowest BCUT2D eigenvalue weighted by Crippen LogP contribution is -2.40. The number of carbonyl (C=O) groups is 3. The van der Waals surface area contributed by atoms with Crippen molar-refractivity contribution in [1.29, 1.82) is 0 Å². The molecule has 5 nitrogen and oxygen atoms in total. The molecule has 0 aromatic heterocycles. The quantitative estimate of drug-likeness (QED) is 0.620. The summed E-state index contributed by atoms with van der Waals surface area (Å²) in [5, 5.41) is 0. The van der Waals surface area contributed by atoms with Crippen molar-refractivity contribution in [3.8, 4) is 0 Å². The summed E-state index contributed by atoms with van der Waals surface area (Å²) in [6.07, 6.45) is 0.481. The van der Waals surface area contributed by atoms with Crippen molar-refractivity contribution in [2.45, 2.75) is 27.2 Å². The van der Waals surface area contributed by atoms with Gasteiger partial charge in [-0.1, -0.05) is 20.8 Å². The van der Waals surface area contributed by atoms with Gasteiger partial charge >= 0.3 is 0 Å². The third-order valence-corrected chi connectivity index (χ3v) is 2.37.